The molecule has 0 aromatic carbocycles. The van der Waals surface area contributed by atoms with E-state index in [0.717, 1.165) is 25.7 Å². The lowest BCUT2D eigenvalue weighted by Crippen LogP contribution is -2.36. The van der Waals surface area contributed by atoms with Gasteiger partial charge in [-0.05, 0) is 51.2 Å². The normalized spacial score (nSPS) is 24.1. The van der Waals surface area contributed by atoms with Crippen molar-refractivity contribution in [3.63, 3.8) is 0 Å². The molecule has 1 aliphatic rings. The van der Waals surface area contributed by atoms with Crippen molar-refractivity contribution in [3.8, 4) is 0 Å². The number of esters is 1. The average molecular weight is 276 g/mol. The summed E-state index contributed by atoms with van der Waals surface area (Å²) in [5, 5.41) is 3.63. The maximum absolute atomic E-state index is 11.7. The summed E-state index contributed by atoms with van der Waals surface area (Å²) in [7, 11) is 0. The molecule has 2 rings (SSSR count). The van der Waals surface area contributed by atoms with E-state index in [1.165, 1.54) is 5.56 Å². The third kappa shape index (κ3) is 4.04. The van der Waals surface area contributed by atoms with Crippen molar-refractivity contribution in [1.29, 1.82) is 0 Å². The van der Waals surface area contributed by atoms with E-state index in [-0.39, 0.29) is 11.9 Å². The molecule has 0 amide bonds. The number of nitrogens with one attached hydrogen (secondary N) is 1. The lowest BCUT2D eigenvalue weighted by atomic mass is 9.85. The van der Waals surface area contributed by atoms with Crippen LogP contribution in [0.25, 0.3) is 0 Å². The minimum Gasteiger partial charge on any atom is -0.466 e. The molecule has 0 radical (unpaired) electrons. The number of rotatable bonds is 5. The third-order valence-corrected chi connectivity index (χ3v) is 4.02. The van der Waals surface area contributed by atoms with E-state index in [1.807, 2.05) is 19.2 Å². The third-order valence-electron chi connectivity index (χ3n) is 4.02. The van der Waals surface area contributed by atoms with Gasteiger partial charge in [0.15, 0.2) is 0 Å². The Morgan fingerprint density at radius 3 is 2.80 bits per heavy atom. The second kappa shape index (κ2) is 7.39. The van der Waals surface area contributed by atoms with E-state index in [2.05, 4.69) is 23.3 Å². The van der Waals surface area contributed by atoms with Crippen molar-refractivity contribution in [2.45, 2.75) is 51.6 Å². The number of ether oxygens (including phenoxy) is 1. The maximum Gasteiger partial charge on any atom is 0.308 e. The maximum atomic E-state index is 11.7. The molecule has 1 unspecified atom stereocenters. The molecule has 4 heteroatoms. The lowest BCUT2D eigenvalue weighted by molar-refractivity contribution is -0.149. The number of pyridine rings is 1. The summed E-state index contributed by atoms with van der Waals surface area (Å²) in [5.74, 6) is 0.0768. The van der Waals surface area contributed by atoms with Crippen molar-refractivity contribution in [2.75, 3.05) is 6.61 Å². The van der Waals surface area contributed by atoms with Gasteiger partial charge in [-0.25, -0.2) is 0 Å². The van der Waals surface area contributed by atoms with Gasteiger partial charge in [0.1, 0.15) is 0 Å². The Morgan fingerprint density at radius 1 is 1.45 bits per heavy atom. The van der Waals surface area contributed by atoms with E-state index in [9.17, 15) is 4.79 Å². The molecule has 1 aliphatic carbocycles. The highest BCUT2D eigenvalue weighted by Gasteiger charge is 2.27. The fourth-order valence-corrected chi connectivity index (χ4v) is 2.84. The molecule has 1 heterocycles. The van der Waals surface area contributed by atoms with Crippen LogP contribution < -0.4 is 5.32 Å². The average Bonchev–Trinajstić information content (AvgIpc) is 2.49. The van der Waals surface area contributed by atoms with E-state index < -0.39 is 0 Å². The predicted octanol–water partition coefficient (Wildman–Crippen LogP) is 2.85. The number of nitrogens with zero attached hydrogens (tertiary/aromatic N) is 1. The molecule has 0 aliphatic heterocycles. The summed E-state index contributed by atoms with van der Waals surface area (Å²) in [6, 6.07) is 4.84. The monoisotopic (exact) mass is 276 g/mol. The minimum atomic E-state index is -0.0220. The van der Waals surface area contributed by atoms with Gasteiger partial charge in [-0.2, -0.15) is 0 Å². The van der Waals surface area contributed by atoms with Crippen LogP contribution in [0.5, 0.6) is 0 Å². The molecule has 1 atom stereocenters. The number of carbonyl (C=O) groups is 1. The van der Waals surface area contributed by atoms with Crippen LogP contribution in [-0.4, -0.2) is 23.6 Å². The molecule has 20 heavy (non-hydrogen) atoms. The first-order chi connectivity index (χ1) is 9.70. The van der Waals surface area contributed by atoms with Crippen LogP contribution >= 0.6 is 0 Å². The number of carbonyl (C=O) groups excluding carboxylic acids is 1. The first-order valence-corrected chi connectivity index (χ1v) is 7.53. The van der Waals surface area contributed by atoms with E-state index in [1.54, 1.807) is 6.20 Å². The Labute approximate surface area is 120 Å². The van der Waals surface area contributed by atoms with Crippen LogP contribution in [0.15, 0.2) is 24.5 Å². The zero-order valence-corrected chi connectivity index (χ0v) is 12.3. The largest absolute Gasteiger partial charge is 0.466 e. The zero-order chi connectivity index (χ0) is 14.4. The van der Waals surface area contributed by atoms with Gasteiger partial charge in [-0.3, -0.25) is 9.78 Å². The van der Waals surface area contributed by atoms with Gasteiger partial charge in [0.2, 0.25) is 0 Å². The fourth-order valence-electron chi connectivity index (χ4n) is 2.84. The van der Waals surface area contributed by atoms with E-state index >= 15 is 0 Å². The Hall–Kier alpha value is -1.42. The summed E-state index contributed by atoms with van der Waals surface area (Å²) in [5.41, 5.74) is 1.21. The molecule has 1 aromatic rings. The van der Waals surface area contributed by atoms with Gasteiger partial charge in [0, 0.05) is 24.5 Å². The Bertz CT molecular complexity index is 414. The second-order valence-electron chi connectivity index (χ2n) is 5.48. The topological polar surface area (TPSA) is 51.2 Å². The van der Waals surface area contributed by atoms with Crippen LogP contribution in [0.3, 0.4) is 0 Å². The SMILES string of the molecule is CCOC(=O)C1CCC(NC(C)c2cccnc2)CC1. The molecule has 0 saturated heterocycles. The van der Waals surface area contributed by atoms with Gasteiger partial charge in [0.05, 0.1) is 12.5 Å². The summed E-state index contributed by atoms with van der Waals surface area (Å²) in [4.78, 5) is 15.9. The smallest absolute Gasteiger partial charge is 0.308 e. The summed E-state index contributed by atoms with van der Waals surface area (Å²) < 4.78 is 5.10. The van der Waals surface area contributed by atoms with Gasteiger partial charge < -0.3 is 10.1 Å². The highest BCUT2D eigenvalue weighted by molar-refractivity contribution is 5.72. The van der Waals surface area contributed by atoms with Gasteiger partial charge in [-0.1, -0.05) is 6.07 Å². The summed E-state index contributed by atoms with van der Waals surface area (Å²) in [6.07, 6.45) is 7.62. The van der Waals surface area contributed by atoms with Crippen molar-refractivity contribution in [2.24, 2.45) is 5.92 Å². The van der Waals surface area contributed by atoms with Crippen LogP contribution in [0.2, 0.25) is 0 Å². The Morgan fingerprint density at radius 2 is 2.20 bits per heavy atom. The van der Waals surface area contributed by atoms with Crippen LogP contribution in [0.1, 0.15) is 51.1 Å². The molecule has 0 spiro atoms. The summed E-state index contributed by atoms with van der Waals surface area (Å²) in [6.45, 7) is 4.50. The minimum absolute atomic E-state index is 0.0220. The van der Waals surface area contributed by atoms with Crippen LogP contribution in [-0.2, 0) is 9.53 Å². The molecular weight excluding hydrogens is 252 g/mol. The molecule has 1 aromatic heterocycles. The van der Waals surface area contributed by atoms with Crippen molar-refractivity contribution in [3.05, 3.63) is 30.1 Å². The Kier molecular flexibility index (Phi) is 5.53. The highest BCUT2D eigenvalue weighted by atomic mass is 16.5. The standard InChI is InChI=1S/C16H24N2O2/c1-3-20-16(19)13-6-8-15(9-7-13)18-12(2)14-5-4-10-17-11-14/h4-5,10-13,15,18H,3,6-9H2,1-2H3. The summed E-state index contributed by atoms with van der Waals surface area (Å²) >= 11 is 0. The van der Waals surface area contributed by atoms with Crippen molar-refractivity contribution < 1.29 is 9.53 Å². The van der Waals surface area contributed by atoms with E-state index in [0.29, 0.717) is 18.7 Å². The second-order valence-corrected chi connectivity index (χ2v) is 5.48. The quantitative estimate of drug-likeness (QED) is 0.840. The van der Waals surface area contributed by atoms with E-state index in [4.69, 9.17) is 4.74 Å². The molecule has 110 valence electrons. The van der Waals surface area contributed by atoms with Gasteiger partial charge in [-0.15, -0.1) is 0 Å². The lowest BCUT2D eigenvalue weighted by Gasteiger charge is -2.30. The van der Waals surface area contributed by atoms with Gasteiger partial charge in [0.25, 0.3) is 0 Å². The highest BCUT2D eigenvalue weighted by Crippen LogP contribution is 2.27. The predicted molar refractivity (Wildman–Crippen MR) is 78.2 cm³/mol. The molecule has 1 N–H and O–H groups in total. The first kappa shape index (κ1) is 15.0. The zero-order valence-electron chi connectivity index (χ0n) is 12.3. The first-order valence-electron chi connectivity index (χ1n) is 7.53. The fraction of sp³-hybridized carbons (Fsp3) is 0.625. The molecule has 1 fully saturated rings. The molecule has 0 bridgehead atoms. The van der Waals surface area contributed by atoms with Gasteiger partial charge >= 0.3 is 5.97 Å². The Balaban J connectivity index is 1.78. The number of hydrogen-bond donors (Lipinski definition) is 1. The molecule has 4 nitrogen and oxygen atoms in total. The molecular formula is C16H24N2O2. The van der Waals surface area contributed by atoms with Crippen LogP contribution in [0, 0.1) is 5.92 Å². The van der Waals surface area contributed by atoms with Crippen LogP contribution in [0.4, 0.5) is 0 Å². The van der Waals surface area contributed by atoms with Crippen molar-refractivity contribution in [1.82, 2.24) is 10.3 Å². The molecule has 1 saturated carbocycles. The number of hydrogen-bond acceptors (Lipinski definition) is 4. The number of aromatic nitrogens is 1. The van der Waals surface area contributed by atoms with Crippen molar-refractivity contribution >= 4 is 5.97 Å².